The number of hydrogen-bond donors (Lipinski definition) is 1. The number of rotatable bonds is 5. The van der Waals surface area contributed by atoms with Crippen molar-refractivity contribution in [2.45, 2.75) is 30.3 Å². The van der Waals surface area contributed by atoms with Crippen LogP contribution in [0, 0.1) is 0 Å². The van der Waals surface area contributed by atoms with E-state index in [0.29, 0.717) is 24.5 Å². The van der Waals surface area contributed by atoms with E-state index < -0.39 is 10.0 Å². The highest BCUT2D eigenvalue weighted by atomic mass is 32.2. The Morgan fingerprint density at radius 2 is 2.00 bits per heavy atom. The zero-order valence-corrected chi connectivity index (χ0v) is 13.3. The van der Waals surface area contributed by atoms with Gasteiger partial charge in [-0.15, -0.1) is 11.3 Å². The molecule has 0 aromatic carbocycles. The Labute approximate surface area is 124 Å². The molecule has 0 bridgehead atoms. The van der Waals surface area contributed by atoms with E-state index in [1.807, 2.05) is 12.4 Å². The predicted octanol–water partition coefficient (Wildman–Crippen LogP) is 0.936. The first-order valence-corrected chi connectivity index (χ1v) is 9.40. The topological polar surface area (TPSA) is 52.7 Å². The van der Waals surface area contributed by atoms with Crippen LogP contribution in [0.4, 0.5) is 0 Å². The second kappa shape index (κ2) is 5.73. The van der Waals surface area contributed by atoms with Gasteiger partial charge < -0.3 is 5.32 Å². The lowest BCUT2D eigenvalue weighted by Gasteiger charge is -2.34. The van der Waals surface area contributed by atoms with E-state index in [2.05, 4.69) is 10.2 Å². The number of nitrogens with one attached hydrogen (secondary N) is 1. The Morgan fingerprint density at radius 1 is 1.30 bits per heavy atom. The lowest BCUT2D eigenvalue weighted by Crippen LogP contribution is -2.49. The normalized spacial score (nSPS) is 22.2. The van der Waals surface area contributed by atoms with E-state index in [-0.39, 0.29) is 0 Å². The van der Waals surface area contributed by atoms with Crippen LogP contribution < -0.4 is 5.32 Å². The van der Waals surface area contributed by atoms with Gasteiger partial charge in [-0.1, -0.05) is 0 Å². The number of piperazine rings is 1. The molecule has 3 rings (SSSR count). The van der Waals surface area contributed by atoms with Crippen molar-refractivity contribution >= 4 is 21.4 Å². The van der Waals surface area contributed by atoms with E-state index in [4.69, 9.17) is 0 Å². The summed E-state index contributed by atoms with van der Waals surface area (Å²) in [6.45, 7) is 3.58. The predicted molar refractivity (Wildman–Crippen MR) is 80.4 cm³/mol. The van der Waals surface area contributed by atoms with Gasteiger partial charge in [-0.25, -0.2) is 8.42 Å². The molecule has 2 aliphatic rings. The minimum Gasteiger partial charge on any atom is -0.315 e. The van der Waals surface area contributed by atoms with Gasteiger partial charge in [0.15, 0.2) is 0 Å². The summed E-state index contributed by atoms with van der Waals surface area (Å²) in [5.74, 6) is 0. The van der Waals surface area contributed by atoms with Crippen molar-refractivity contribution in [3.05, 3.63) is 16.3 Å². The number of thiophene rings is 1. The molecule has 20 heavy (non-hydrogen) atoms. The van der Waals surface area contributed by atoms with Crippen LogP contribution in [0.25, 0.3) is 0 Å². The molecule has 1 saturated carbocycles. The zero-order chi connectivity index (χ0) is 14.2. The van der Waals surface area contributed by atoms with Crippen LogP contribution in [0.2, 0.25) is 0 Å². The SMILES string of the molecule is CNCc1sccc1S(=O)(=O)N1CCN(C2CC2)CC1. The Balaban J connectivity index is 1.73. The highest BCUT2D eigenvalue weighted by Gasteiger charge is 2.35. The molecule has 112 valence electrons. The minimum absolute atomic E-state index is 0.483. The van der Waals surface area contributed by atoms with Crippen LogP contribution >= 0.6 is 11.3 Å². The molecule has 5 nitrogen and oxygen atoms in total. The number of hydrogen-bond acceptors (Lipinski definition) is 5. The molecule has 0 unspecified atom stereocenters. The molecule has 1 N–H and O–H groups in total. The molecule has 0 amide bonds. The summed E-state index contributed by atoms with van der Waals surface area (Å²) < 4.78 is 27.1. The molecular weight excluding hydrogens is 294 g/mol. The molecular formula is C13H21N3O2S2. The Morgan fingerprint density at radius 3 is 2.60 bits per heavy atom. The zero-order valence-electron chi connectivity index (χ0n) is 11.7. The first-order chi connectivity index (χ1) is 9.63. The number of sulfonamides is 1. The van der Waals surface area contributed by atoms with Crippen molar-refractivity contribution in [1.82, 2.24) is 14.5 Å². The van der Waals surface area contributed by atoms with Gasteiger partial charge in [-0.05, 0) is 31.3 Å². The fourth-order valence-electron chi connectivity index (χ4n) is 2.74. The molecule has 7 heteroatoms. The van der Waals surface area contributed by atoms with Gasteiger partial charge in [-0.3, -0.25) is 4.90 Å². The Hall–Kier alpha value is -0.470. The standard InChI is InChI=1S/C13H21N3O2S2/c1-14-10-12-13(4-9-19-12)20(17,18)16-7-5-15(6-8-16)11-2-3-11/h4,9,11,14H,2-3,5-8,10H2,1H3. The lowest BCUT2D eigenvalue weighted by atomic mass is 10.3. The first-order valence-electron chi connectivity index (χ1n) is 7.08. The van der Waals surface area contributed by atoms with E-state index in [1.165, 1.54) is 24.2 Å². The molecule has 1 aromatic rings. The van der Waals surface area contributed by atoms with Crippen LogP contribution in [0.1, 0.15) is 17.7 Å². The van der Waals surface area contributed by atoms with Crippen molar-refractivity contribution < 1.29 is 8.42 Å². The van der Waals surface area contributed by atoms with E-state index >= 15 is 0 Å². The second-order valence-corrected chi connectivity index (χ2v) is 8.32. The summed E-state index contributed by atoms with van der Waals surface area (Å²) in [4.78, 5) is 3.81. The highest BCUT2D eigenvalue weighted by molar-refractivity contribution is 7.89. The third-order valence-electron chi connectivity index (χ3n) is 4.00. The summed E-state index contributed by atoms with van der Waals surface area (Å²) in [5, 5.41) is 4.90. The van der Waals surface area contributed by atoms with Gasteiger partial charge in [-0.2, -0.15) is 4.31 Å². The largest absolute Gasteiger partial charge is 0.315 e. The monoisotopic (exact) mass is 315 g/mol. The molecule has 1 saturated heterocycles. The second-order valence-electron chi connectivity index (χ2n) is 5.41. The van der Waals surface area contributed by atoms with Crippen molar-refractivity contribution in [1.29, 1.82) is 0 Å². The third-order valence-corrected chi connectivity index (χ3v) is 7.03. The molecule has 2 fully saturated rings. The van der Waals surface area contributed by atoms with Crippen LogP contribution in [-0.2, 0) is 16.6 Å². The van der Waals surface area contributed by atoms with E-state index in [1.54, 1.807) is 10.4 Å². The van der Waals surface area contributed by atoms with Crippen molar-refractivity contribution in [3.63, 3.8) is 0 Å². The van der Waals surface area contributed by atoms with Gasteiger partial charge in [0.05, 0.1) is 4.90 Å². The van der Waals surface area contributed by atoms with E-state index in [0.717, 1.165) is 24.0 Å². The van der Waals surface area contributed by atoms with Gasteiger partial charge in [0.25, 0.3) is 0 Å². The summed E-state index contributed by atoms with van der Waals surface area (Å²) in [5.41, 5.74) is 0. The van der Waals surface area contributed by atoms with Gasteiger partial charge in [0.1, 0.15) is 0 Å². The maximum atomic E-state index is 12.7. The summed E-state index contributed by atoms with van der Waals surface area (Å²) in [6, 6.07) is 2.46. The van der Waals surface area contributed by atoms with Gasteiger partial charge in [0, 0.05) is 43.6 Å². The molecule has 0 radical (unpaired) electrons. The van der Waals surface area contributed by atoms with Crippen molar-refractivity contribution in [2.24, 2.45) is 0 Å². The van der Waals surface area contributed by atoms with Crippen LogP contribution in [-0.4, -0.2) is 56.9 Å². The average molecular weight is 315 g/mol. The van der Waals surface area contributed by atoms with Crippen LogP contribution in [0.5, 0.6) is 0 Å². The third kappa shape index (κ3) is 2.78. The highest BCUT2D eigenvalue weighted by Crippen LogP contribution is 2.30. The summed E-state index contributed by atoms with van der Waals surface area (Å²) in [6.07, 6.45) is 2.56. The fourth-order valence-corrected chi connectivity index (χ4v) is 5.58. The average Bonchev–Trinajstić information content (AvgIpc) is 3.19. The van der Waals surface area contributed by atoms with Crippen molar-refractivity contribution in [3.8, 4) is 0 Å². The lowest BCUT2D eigenvalue weighted by molar-refractivity contribution is 0.180. The smallest absolute Gasteiger partial charge is 0.244 e. The molecule has 1 aromatic heterocycles. The summed E-state index contributed by atoms with van der Waals surface area (Å²) in [7, 11) is -1.49. The fraction of sp³-hybridized carbons (Fsp3) is 0.692. The first kappa shape index (κ1) is 14.5. The molecule has 0 atom stereocenters. The molecule has 2 heterocycles. The molecule has 0 spiro atoms. The quantitative estimate of drug-likeness (QED) is 0.878. The van der Waals surface area contributed by atoms with Crippen LogP contribution in [0.15, 0.2) is 16.3 Å². The Bertz CT molecular complexity index is 558. The van der Waals surface area contributed by atoms with E-state index in [9.17, 15) is 8.42 Å². The van der Waals surface area contributed by atoms with Crippen LogP contribution in [0.3, 0.4) is 0 Å². The maximum absolute atomic E-state index is 12.7. The Kier molecular flexibility index (Phi) is 4.14. The molecule has 1 aliphatic heterocycles. The van der Waals surface area contributed by atoms with Gasteiger partial charge >= 0.3 is 0 Å². The summed E-state index contributed by atoms with van der Waals surface area (Å²) >= 11 is 1.50. The van der Waals surface area contributed by atoms with Gasteiger partial charge in [0.2, 0.25) is 10.0 Å². The maximum Gasteiger partial charge on any atom is 0.244 e. The van der Waals surface area contributed by atoms with Crippen molar-refractivity contribution in [2.75, 3.05) is 33.2 Å². The molecule has 1 aliphatic carbocycles. The number of nitrogens with zero attached hydrogens (tertiary/aromatic N) is 2. The minimum atomic E-state index is -3.32.